The van der Waals surface area contributed by atoms with Crippen LogP contribution in [0.5, 0.6) is 0 Å². The van der Waals surface area contributed by atoms with Crippen LogP contribution in [0.25, 0.3) is 0 Å². The molecule has 0 bridgehead atoms. The van der Waals surface area contributed by atoms with Gasteiger partial charge in [-0.15, -0.1) is 0 Å². The van der Waals surface area contributed by atoms with Crippen LogP contribution in [0.2, 0.25) is 0 Å². The number of ketones is 1. The van der Waals surface area contributed by atoms with E-state index < -0.39 is 10.8 Å². The summed E-state index contributed by atoms with van der Waals surface area (Å²) in [5.41, 5.74) is 2.35. The zero-order valence-corrected chi connectivity index (χ0v) is 14.0. The highest BCUT2D eigenvalue weighted by Crippen LogP contribution is 2.44. The lowest BCUT2D eigenvalue weighted by Gasteiger charge is -2.37. The molecule has 0 saturated heterocycles. The Bertz CT molecular complexity index is 792. The van der Waals surface area contributed by atoms with Crippen LogP contribution in [0.3, 0.4) is 0 Å². The Morgan fingerprint density at radius 3 is 2.62 bits per heavy atom. The third-order valence-electron chi connectivity index (χ3n) is 4.78. The number of nitro benzene ring substituents is 1. The van der Waals surface area contributed by atoms with Crippen molar-refractivity contribution in [1.82, 2.24) is 5.32 Å². The maximum absolute atomic E-state index is 12.7. The fraction of sp³-hybridized carbons (Fsp3) is 0.444. The van der Waals surface area contributed by atoms with Gasteiger partial charge in [0.1, 0.15) is 0 Å². The standard InChI is InChI=1S/C18H20N2O4/c1-10-4-5-11(6-14(10)20(23)24)12-7-16(22)19-13-8-18(2,3)9-15(21)17(12)13/h4-6,12H,7-9H2,1-3H3,(H,19,22)/t12-/m0/s1. The van der Waals surface area contributed by atoms with Crippen LogP contribution in [0.15, 0.2) is 29.5 Å². The third-order valence-corrected chi connectivity index (χ3v) is 4.78. The molecule has 0 radical (unpaired) electrons. The molecule has 1 amide bonds. The topological polar surface area (TPSA) is 89.3 Å². The normalized spacial score (nSPS) is 22.9. The van der Waals surface area contributed by atoms with Crippen LogP contribution in [-0.4, -0.2) is 16.6 Å². The number of amides is 1. The summed E-state index contributed by atoms with van der Waals surface area (Å²) >= 11 is 0. The molecular weight excluding hydrogens is 308 g/mol. The average molecular weight is 328 g/mol. The summed E-state index contributed by atoms with van der Waals surface area (Å²) in [5.74, 6) is -0.529. The molecule has 0 saturated carbocycles. The van der Waals surface area contributed by atoms with Gasteiger partial charge in [0.25, 0.3) is 5.69 Å². The number of nitrogens with one attached hydrogen (secondary N) is 1. The minimum absolute atomic E-state index is 0.0178. The summed E-state index contributed by atoms with van der Waals surface area (Å²) in [4.78, 5) is 35.6. The maximum atomic E-state index is 12.7. The first kappa shape index (κ1) is 16.4. The van der Waals surface area contributed by atoms with E-state index in [0.717, 1.165) is 0 Å². The Hall–Kier alpha value is -2.50. The number of hydrogen-bond donors (Lipinski definition) is 1. The van der Waals surface area contributed by atoms with Crippen molar-refractivity contribution in [2.45, 2.75) is 46.0 Å². The van der Waals surface area contributed by atoms with E-state index in [2.05, 4.69) is 5.32 Å². The highest BCUT2D eigenvalue weighted by Gasteiger charge is 2.40. The molecule has 1 aliphatic carbocycles. The first-order valence-electron chi connectivity index (χ1n) is 7.99. The smallest absolute Gasteiger partial charge is 0.272 e. The molecule has 0 spiro atoms. The van der Waals surface area contributed by atoms with Gasteiger partial charge in [0.2, 0.25) is 5.91 Å². The van der Waals surface area contributed by atoms with Gasteiger partial charge in [-0.1, -0.05) is 26.0 Å². The summed E-state index contributed by atoms with van der Waals surface area (Å²) in [6, 6.07) is 4.96. The van der Waals surface area contributed by atoms with Gasteiger partial charge in [-0.25, -0.2) is 0 Å². The predicted molar refractivity (Wildman–Crippen MR) is 88.4 cm³/mol. The number of nitro groups is 1. The molecular formula is C18H20N2O4. The molecule has 1 atom stereocenters. The zero-order chi connectivity index (χ0) is 17.6. The molecule has 1 heterocycles. The Morgan fingerprint density at radius 2 is 1.96 bits per heavy atom. The fourth-order valence-corrected chi connectivity index (χ4v) is 3.68. The molecule has 126 valence electrons. The van der Waals surface area contributed by atoms with Crippen molar-refractivity contribution in [2.75, 3.05) is 0 Å². The molecule has 6 heteroatoms. The van der Waals surface area contributed by atoms with Gasteiger partial charge in [-0.05, 0) is 24.3 Å². The highest BCUT2D eigenvalue weighted by atomic mass is 16.6. The second-order valence-electron chi connectivity index (χ2n) is 7.44. The van der Waals surface area contributed by atoms with Crippen molar-refractivity contribution in [3.63, 3.8) is 0 Å². The number of nitrogens with zero attached hydrogens (tertiary/aromatic N) is 1. The number of carbonyl (C=O) groups excluding carboxylic acids is 2. The lowest BCUT2D eigenvalue weighted by Crippen LogP contribution is -2.40. The number of benzene rings is 1. The monoisotopic (exact) mass is 328 g/mol. The molecule has 0 unspecified atom stereocenters. The van der Waals surface area contributed by atoms with Crippen molar-refractivity contribution in [1.29, 1.82) is 0 Å². The van der Waals surface area contributed by atoms with Gasteiger partial charge < -0.3 is 5.32 Å². The first-order chi connectivity index (χ1) is 11.2. The molecule has 1 N–H and O–H groups in total. The summed E-state index contributed by atoms with van der Waals surface area (Å²) in [5, 5.41) is 14.0. The minimum atomic E-state index is -0.428. The Labute approximate surface area is 140 Å². The maximum Gasteiger partial charge on any atom is 0.272 e. The van der Waals surface area contributed by atoms with Crippen LogP contribution < -0.4 is 5.32 Å². The van der Waals surface area contributed by atoms with Gasteiger partial charge in [0.15, 0.2) is 5.78 Å². The van der Waals surface area contributed by atoms with E-state index in [-0.39, 0.29) is 29.2 Å². The van der Waals surface area contributed by atoms with Gasteiger partial charge in [0, 0.05) is 41.7 Å². The molecule has 24 heavy (non-hydrogen) atoms. The van der Waals surface area contributed by atoms with E-state index >= 15 is 0 Å². The van der Waals surface area contributed by atoms with Crippen molar-refractivity contribution in [2.24, 2.45) is 5.41 Å². The fourth-order valence-electron chi connectivity index (χ4n) is 3.68. The van der Waals surface area contributed by atoms with Gasteiger partial charge >= 0.3 is 0 Å². The van der Waals surface area contributed by atoms with Crippen molar-refractivity contribution >= 4 is 17.4 Å². The molecule has 0 fully saturated rings. The molecule has 1 aliphatic heterocycles. The van der Waals surface area contributed by atoms with Gasteiger partial charge in [0.05, 0.1) is 4.92 Å². The zero-order valence-electron chi connectivity index (χ0n) is 14.0. The molecule has 3 rings (SSSR count). The van der Waals surface area contributed by atoms with Gasteiger partial charge in [-0.3, -0.25) is 19.7 Å². The van der Waals surface area contributed by atoms with E-state index in [1.807, 2.05) is 13.8 Å². The number of Topliss-reactive ketones (excluding diaryl/α,β-unsaturated/α-hetero) is 1. The number of rotatable bonds is 2. The van der Waals surface area contributed by atoms with Crippen molar-refractivity contribution in [3.8, 4) is 0 Å². The predicted octanol–water partition coefficient (Wildman–Crippen LogP) is 3.15. The molecule has 6 nitrogen and oxygen atoms in total. The van der Waals surface area contributed by atoms with E-state index in [1.165, 1.54) is 6.07 Å². The lowest BCUT2D eigenvalue weighted by molar-refractivity contribution is -0.385. The summed E-state index contributed by atoms with van der Waals surface area (Å²) < 4.78 is 0. The van der Waals surface area contributed by atoms with E-state index in [4.69, 9.17) is 0 Å². The summed E-state index contributed by atoms with van der Waals surface area (Å²) in [6.45, 7) is 5.68. The second-order valence-corrected chi connectivity index (χ2v) is 7.44. The highest BCUT2D eigenvalue weighted by molar-refractivity contribution is 6.02. The number of hydrogen-bond acceptors (Lipinski definition) is 4. The van der Waals surface area contributed by atoms with Crippen molar-refractivity contribution in [3.05, 3.63) is 50.7 Å². The van der Waals surface area contributed by atoms with Gasteiger partial charge in [-0.2, -0.15) is 0 Å². The van der Waals surface area contributed by atoms with Crippen LogP contribution in [0, 0.1) is 22.5 Å². The summed E-state index contributed by atoms with van der Waals surface area (Å²) in [6.07, 6.45) is 1.20. The molecule has 1 aromatic carbocycles. The quantitative estimate of drug-likeness (QED) is 0.667. The third kappa shape index (κ3) is 2.84. The summed E-state index contributed by atoms with van der Waals surface area (Å²) in [7, 11) is 0. The van der Waals surface area contributed by atoms with Crippen LogP contribution in [0.1, 0.15) is 50.2 Å². The largest absolute Gasteiger partial charge is 0.329 e. The first-order valence-corrected chi connectivity index (χ1v) is 7.99. The minimum Gasteiger partial charge on any atom is -0.329 e. The Morgan fingerprint density at radius 1 is 1.25 bits per heavy atom. The van der Waals surface area contributed by atoms with E-state index in [0.29, 0.717) is 35.2 Å². The average Bonchev–Trinajstić information content (AvgIpc) is 2.44. The number of aryl methyl sites for hydroxylation is 1. The van der Waals surface area contributed by atoms with Crippen LogP contribution in [0.4, 0.5) is 5.69 Å². The van der Waals surface area contributed by atoms with Crippen LogP contribution >= 0.6 is 0 Å². The van der Waals surface area contributed by atoms with E-state index in [1.54, 1.807) is 19.1 Å². The lowest BCUT2D eigenvalue weighted by atomic mass is 9.70. The second kappa shape index (κ2) is 5.54. The number of carbonyl (C=O) groups is 2. The molecule has 2 aliphatic rings. The van der Waals surface area contributed by atoms with E-state index in [9.17, 15) is 19.7 Å². The molecule has 1 aromatic rings. The van der Waals surface area contributed by atoms with Crippen molar-refractivity contribution < 1.29 is 14.5 Å². The SMILES string of the molecule is Cc1ccc([C@@H]2CC(=O)NC3=C2C(=O)CC(C)(C)C3)cc1[N+](=O)[O-]. The Kier molecular flexibility index (Phi) is 3.78. The Balaban J connectivity index is 2.10. The van der Waals surface area contributed by atoms with Crippen LogP contribution in [-0.2, 0) is 9.59 Å². The number of allylic oxidation sites excluding steroid dienone is 2. The molecule has 0 aromatic heterocycles.